The summed E-state index contributed by atoms with van der Waals surface area (Å²) in [5, 5.41) is 2.86. The summed E-state index contributed by atoms with van der Waals surface area (Å²) in [5.41, 5.74) is 1.75. The molecule has 2 heterocycles. The number of halogens is 1. The summed E-state index contributed by atoms with van der Waals surface area (Å²) in [6.07, 6.45) is 1.64. The minimum atomic E-state index is -0.238. The topological polar surface area (TPSA) is 66.9 Å². The van der Waals surface area contributed by atoms with Gasteiger partial charge in [-0.15, -0.1) is 11.3 Å². The number of imidazole rings is 1. The van der Waals surface area contributed by atoms with Crippen molar-refractivity contribution in [3.8, 4) is 5.69 Å². The Labute approximate surface area is 138 Å². The molecule has 0 radical (unpaired) electrons. The number of aryl methyl sites for hydroxylation is 1. The van der Waals surface area contributed by atoms with Crippen LogP contribution in [0.25, 0.3) is 5.69 Å². The second-order valence-electron chi connectivity index (χ2n) is 4.65. The molecule has 0 saturated heterocycles. The van der Waals surface area contributed by atoms with Gasteiger partial charge in [-0.05, 0) is 47.1 Å². The number of carbonyl (C=O) groups excluding carboxylic acids is 1. The Morgan fingerprint density at radius 1 is 1.27 bits per heavy atom. The van der Waals surface area contributed by atoms with Gasteiger partial charge in [0.1, 0.15) is 0 Å². The van der Waals surface area contributed by atoms with Gasteiger partial charge in [-0.1, -0.05) is 12.1 Å². The van der Waals surface area contributed by atoms with Crippen LogP contribution >= 0.6 is 27.3 Å². The fourth-order valence-corrected chi connectivity index (χ4v) is 3.43. The van der Waals surface area contributed by atoms with Gasteiger partial charge >= 0.3 is 5.69 Å². The molecular formula is C15H12BrN3O2S. The third-order valence-corrected chi connectivity index (χ3v) is 4.77. The molecular weight excluding hydrogens is 366 g/mol. The lowest BCUT2D eigenvalue weighted by atomic mass is 10.2. The zero-order chi connectivity index (χ0) is 15.7. The lowest BCUT2D eigenvalue weighted by Gasteiger charge is -2.11. The average molecular weight is 378 g/mol. The van der Waals surface area contributed by atoms with Crippen molar-refractivity contribution in [3.63, 3.8) is 0 Å². The van der Waals surface area contributed by atoms with E-state index in [1.165, 1.54) is 15.9 Å². The van der Waals surface area contributed by atoms with E-state index in [1.807, 2.05) is 25.1 Å². The summed E-state index contributed by atoms with van der Waals surface area (Å²) in [6, 6.07) is 10.8. The highest BCUT2D eigenvalue weighted by atomic mass is 79.9. The van der Waals surface area contributed by atoms with Crippen LogP contribution in [-0.2, 0) is 0 Å². The smallest absolute Gasteiger partial charge is 0.319 e. The average Bonchev–Trinajstić information content (AvgIpc) is 3.06. The molecule has 1 aromatic carbocycles. The van der Waals surface area contributed by atoms with E-state index in [0.717, 1.165) is 9.48 Å². The van der Waals surface area contributed by atoms with Crippen LogP contribution in [0.2, 0.25) is 0 Å². The number of aromatic amines is 1. The number of para-hydroxylation sites is 2. The lowest BCUT2D eigenvalue weighted by molar-refractivity contribution is 0.103. The van der Waals surface area contributed by atoms with Gasteiger partial charge in [0.05, 0.1) is 20.0 Å². The number of nitrogens with one attached hydrogen (secondary N) is 2. The minimum Gasteiger partial charge on any atom is -0.319 e. The summed E-state index contributed by atoms with van der Waals surface area (Å²) < 4.78 is 2.42. The van der Waals surface area contributed by atoms with E-state index in [0.29, 0.717) is 16.3 Å². The van der Waals surface area contributed by atoms with Gasteiger partial charge in [0, 0.05) is 11.9 Å². The van der Waals surface area contributed by atoms with Crippen molar-refractivity contribution >= 4 is 38.9 Å². The number of hydrogen-bond acceptors (Lipinski definition) is 3. The van der Waals surface area contributed by atoms with Gasteiger partial charge in [-0.2, -0.15) is 0 Å². The molecule has 0 aliphatic rings. The van der Waals surface area contributed by atoms with Crippen LogP contribution in [0.15, 0.2) is 51.2 Å². The number of aromatic nitrogens is 2. The van der Waals surface area contributed by atoms with E-state index in [-0.39, 0.29) is 11.6 Å². The third-order valence-electron chi connectivity index (χ3n) is 3.15. The van der Waals surface area contributed by atoms with E-state index in [4.69, 9.17) is 0 Å². The molecule has 0 atom stereocenters. The molecule has 1 amide bonds. The molecule has 22 heavy (non-hydrogen) atoms. The van der Waals surface area contributed by atoms with E-state index in [2.05, 4.69) is 26.2 Å². The third kappa shape index (κ3) is 2.77. The number of rotatable bonds is 3. The van der Waals surface area contributed by atoms with Gasteiger partial charge in [-0.3, -0.25) is 9.36 Å². The number of benzene rings is 1. The van der Waals surface area contributed by atoms with Gasteiger partial charge < -0.3 is 10.3 Å². The number of amides is 1. The summed E-state index contributed by atoms with van der Waals surface area (Å²) in [6.45, 7) is 1.83. The maximum absolute atomic E-state index is 12.3. The normalized spacial score (nSPS) is 10.6. The van der Waals surface area contributed by atoms with Crippen LogP contribution in [0.5, 0.6) is 0 Å². The second kappa shape index (κ2) is 5.94. The van der Waals surface area contributed by atoms with E-state index in [1.54, 1.807) is 24.4 Å². The van der Waals surface area contributed by atoms with Gasteiger partial charge in [0.25, 0.3) is 5.91 Å². The monoisotopic (exact) mass is 377 g/mol. The molecule has 3 aromatic rings. The van der Waals surface area contributed by atoms with E-state index >= 15 is 0 Å². The standard InChI is InChI=1S/C15H12BrN3O2S/c1-9-8-17-15(21)19(9)11-5-3-2-4-10(11)18-14(20)12-6-7-13(16)22-12/h2-8H,1H3,(H,17,21)(H,18,20). The molecule has 112 valence electrons. The molecule has 0 fully saturated rings. The Morgan fingerprint density at radius 2 is 2.05 bits per heavy atom. The molecule has 5 nitrogen and oxygen atoms in total. The molecule has 2 aromatic heterocycles. The predicted octanol–water partition coefficient (Wildman–Crippen LogP) is 3.55. The lowest BCUT2D eigenvalue weighted by Crippen LogP contribution is -2.19. The Balaban J connectivity index is 1.99. The molecule has 0 bridgehead atoms. The van der Waals surface area contributed by atoms with Crippen molar-refractivity contribution in [3.05, 3.63) is 67.4 Å². The van der Waals surface area contributed by atoms with Crippen molar-refractivity contribution in [1.82, 2.24) is 9.55 Å². The maximum Gasteiger partial charge on any atom is 0.330 e. The van der Waals surface area contributed by atoms with Gasteiger partial charge in [0.15, 0.2) is 0 Å². The first-order chi connectivity index (χ1) is 10.6. The molecule has 3 rings (SSSR count). The number of thiophene rings is 1. The zero-order valence-corrected chi connectivity index (χ0v) is 14.0. The first-order valence-corrected chi connectivity index (χ1v) is 8.10. The second-order valence-corrected chi connectivity index (χ2v) is 7.11. The quantitative estimate of drug-likeness (QED) is 0.732. The van der Waals surface area contributed by atoms with Crippen LogP contribution < -0.4 is 11.0 Å². The molecule has 2 N–H and O–H groups in total. The Hall–Kier alpha value is -2.12. The van der Waals surface area contributed by atoms with Crippen molar-refractivity contribution in [2.24, 2.45) is 0 Å². The van der Waals surface area contributed by atoms with Crippen LogP contribution in [0.3, 0.4) is 0 Å². The SMILES string of the molecule is Cc1c[nH]c(=O)n1-c1ccccc1NC(=O)c1ccc(Br)s1. The highest BCUT2D eigenvalue weighted by Gasteiger charge is 2.14. The zero-order valence-electron chi connectivity index (χ0n) is 11.6. The number of H-pyrrole nitrogens is 1. The Morgan fingerprint density at radius 3 is 2.68 bits per heavy atom. The van der Waals surface area contributed by atoms with Gasteiger partial charge in [0.2, 0.25) is 0 Å². The highest BCUT2D eigenvalue weighted by molar-refractivity contribution is 9.11. The first-order valence-electron chi connectivity index (χ1n) is 6.49. The highest BCUT2D eigenvalue weighted by Crippen LogP contribution is 2.25. The number of hydrogen-bond donors (Lipinski definition) is 2. The van der Waals surface area contributed by atoms with E-state index in [9.17, 15) is 9.59 Å². The van der Waals surface area contributed by atoms with Crippen molar-refractivity contribution in [2.45, 2.75) is 6.92 Å². The number of nitrogens with zero attached hydrogens (tertiary/aromatic N) is 1. The van der Waals surface area contributed by atoms with Crippen LogP contribution in [0, 0.1) is 6.92 Å². The summed E-state index contributed by atoms with van der Waals surface area (Å²) in [7, 11) is 0. The largest absolute Gasteiger partial charge is 0.330 e. The number of anilines is 1. The Kier molecular flexibility index (Phi) is 4.00. The predicted molar refractivity (Wildman–Crippen MR) is 91.1 cm³/mol. The molecule has 0 aliphatic carbocycles. The molecule has 0 aliphatic heterocycles. The Bertz CT molecular complexity index is 894. The van der Waals surface area contributed by atoms with Gasteiger partial charge in [-0.25, -0.2) is 4.79 Å². The minimum absolute atomic E-state index is 0.204. The molecule has 0 unspecified atom stereocenters. The summed E-state index contributed by atoms with van der Waals surface area (Å²) in [4.78, 5) is 27.5. The van der Waals surface area contributed by atoms with E-state index < -0.39 is 0 Å². The van der Waals surface area contributed by atoms with Crippen molar-refractivity contribution in [2.75, 3.05) is 5.32 Å². The fraction of sp³-hybridized carbons (Fsp3) is 0.0667. The summed E-state index contributed by atoms with van der Waals surface area (Å²) >= 11 is 4.69. The number of carbonyl (C=O) groups is 1. The molecule has 0 saturated carbocycles. The van der Waals surface area contributed by atoms with Crippen molar-refractivity contribution < 1.29 is 4.79 Å². The van der Waals surface area contributed by atoms with Crippen LogP contribution in [-0.4, -0.2) is 15.5 Å². The summed E-state index contributed by atoms with van der Waals surface area (Å²) in [5.74, 6) is -0.204. The van der Waals surface area contributed by atoms with Crippen LogP contribution in [0.4, 0.5) is 5.69 Å². The fourth-order valence-electron chi connectivity index (χ4n) is 2.15. The molecule has 7 heteroatoms. The first kappa shape index (κ1) is 14.8. The molecule has 0 spiro atoms. The maximum atomic E-state index is 12.3. The van der Waals surface area contributed by atoms with Crippen LogP contribution in [0.1, 0.15) is 15.4 Å². The van der Waals surface area contributed by atoms with Crippen molar-refractivity contribution in [1.29, 1.82) is 0 Å².